The number of hydrogen-bond acceptors (Lipinski definition) is 3. The van der Waals surface area contributed by atoms with E-state index in [1.807, 2.05) is 0 Å². The number of benzene rings is 1. The van der Waals surface area contributed by atoms with E-state index in [1.54, 1.807) is 13.0 Å². The molecule has 0 fully saturated rings. The minimum absolute atomic E-state index is 0.137. The van der Waals surface area contributed by atoms with E-state index >= 15 is 0 Å². The molecular weight excluding hydrogens is 192 g/mol. The summed E-state index contributed by atoms with van der Waals surface area (Å²) in [5.74, 6) is 0.0880. The Morgan fingerprint density at radius 1 is 1.46 bits per heavy atom. The van der Waals surface area contributed by atoms with Crippen LogP contribution in [0.5, 0.6) is 11.5 Å². The molecule has 0 spiro atoms. The van der Waals surface area contributed by atoms with Gasteiger partial charge < -0.3 is 14.9 Å². The maximum absolute atomic E-state index is 9.46. The van der Waals surface area contributed by atoms with E-state index in [2.05, 4.69) is 0 Å². The molecule has 13 heavy (non-hydrogen) atoms. The lowest BCUT2D eigenvalue weighted by molar-refractivity contribution is 0.193. The van der Waals surface area contributed by atoms with Crippen LogP contribution in [-0.2, 0) is 0 Å². The number of phenolic OH excluding ortho intramolecular Hbond substituents is 1. The maximum atomic E-state index is 9.46. The van der Waals surface area contributed by atoms with Crippen molar-refractivity contribution in [3.8, 4) is 11.5 Å². The fourth-order valence-electron chi connectivity index (χ4n) is 1.11. The summed E-state index contributed by atoms with van der Waals surface area (Å²) in [6, 6.07) is 3.13. The van der Waals surface area contributed by atoms with Gasteiger partial charge in [0, 0.05) is 5.56 Å². The monoisotopic (exact) mass is 202 g/mol. The highest BCUT2D eigenvalue weighted by Crippen LogP contribution is 2.39. The normalized spacial score (nSPS) is 12.6. The standard InChI is InChI=1S/C9H11ClO3/c1-5(11)6-3-4-7(10)8(12)9(6)13-2/h3-5,11-12H,1-2H3. The zero-order chi connectivity index (χ0) is 10.0. The average Bonchev–Trinajstić information content (AvgIpc) is 2.09. The summed E-state index contributed by atoms with van der Waals surface area (Å²) in [4.78, 5) is 0. The molecular formula is C9H11ClO3. The number of hydrogen-bond donors (Lipinski definition) is 2. The van der Waals surface area contributed by atoms with Crippen LogP contribution in [0.4, 0.5) is 0 Å². The molecule has 0 amide bonds. The SMILES string of the molecule is COc1c(C(C)O)ccc(Cl)c1O. The van der Waals surface area contributed by atoms with E-state index in [9.17, 15) is 10.2 Å². The number of aliphatic hydroxyl groups is 1. The zero-order valence-corrected chi connectivity index (χ0v) is 8.17. The molecule has 3 nitrogen and oxygen atoms in total. The van der Waals surface area contributed by atoms with E-state index in [0.717, 1.165) is 0 Å². The Kier molecular flexibility index (Phi) is 3.01. The molecule has 2 N–H and O–H groups in total. The third-order valence-electron chi connectivity index (χ3n) is 1.77. The first-order valence-electron chi connectivity index (χ1n) is 3.81. The van der Waals surface area contributed by atoms with E-state index in [1.165, 1.54) is 13.2 Å². The van der Waals surface area contributed by atoms with Gasteiger partial charge in [-0.25, -0.2) is 0 Å². The minimum Gasteiger partial charge on any atom is -0.503 e. The highest BCUT2D eigenvalue weighted by Gasteiger charge is 2.14. The Morgan fingerprint density at radius 3 is 2.54 bits per heavy atom. The quantitative estimate of drug-likeness (QED) is 0.772. The van der Waals surface area contributed by atoms with E-state index in [-0.39, 0.29) is 16.5 Å². The molecule has 1 atom stereocenters. The number of rotatable bonds is 2. The van der Waals surface area contributed by atoms with Gasteiger partial charge in [0.2, 0.25) is 0 Å². The van der Waals surface area contributed by atoms with Crippen molar-refractivity contribution < 1.29 is 14.9 Å². The van der Waals surface area contributed by atoms with Crippen molar-refractivity contribution in [2.45, 2.75) is 13.0 Å². The average molecular weight is 203 g/mol. The largest absolute Gasteiger partial charge is 0.503 e. The lowest BCUT2D eigenvalue weighted by Gasteiger charge is -2.12. The van der Waals surface area contributed by atoms with Crippen LogP contribution >= 0.6 is 11.6 Å². The van der Waals surface area contributed by atoms with Gasteiger partial charge in [-0.1, -0.05) is 17.7 Å². The second-order valence-corrected chi connectivity index (χ2v) is 3.10. The van der Waals surface area contributed by atoms with E-state index in [4.69, 9.17) is 16.3 Å². The third kappa shape index (κ3) is 1.87. The topological polar surface area (TPSA) is 49.7 Å². The number of phenols is 1. The first-order valence-corrected chi connectivity index (χ1v) is 4.19. The molecule has 0 radical (unpaired) electrons. The molecule has 0 aliphatic carbocycles. The van der Waals surface area contributed by atoms with E-state index < -0.39 is 6.10 Å². The van der Waals surface area contributed by atoms with Gasteiger partial charge in [-0.3, -0.25) is 0 Å². The fraction of sp³-hybridized carbons (Fsp3) is 0.333. The first kappa shape index (κ1) is 10.2. The van der Waals surface area contributed by atoms with Gasteiger partial charge in [0.15, 0.2) is 11.5 Å². The number of ether oxygens (including phenoxy) is 1. The minimum atomic E-state index is -0.696. The van der Waals surface area contributed by atoms with Crippen molar-refractivity contribution in [2.75, 3.05) is 7.11 Å². The van der Waals surface area contributed by atoms with Crippen LogP contribution in [0.15, 0.2) is 12.1 Å². The summed E-state index contributed by atoms with van der Waals surface area (Å²) >= 11 is 5.66. The van der Waals surface area contributed by atoms with Gasteiger partial charge >= 0.3 is 0 Å². The van der Waals surface area contributed by atoms with Crippen LogP contribution in [0.1, 0.15) is 18.6 Å². The van der Waals surface area contributed by atoms with Crippen LogP contribution in [0.25, 0.3) is 0 Å². The second-order valence-electron chi connectivity index (χ2n) is 2.69. The Labute approximate surface area is 81.5 Å². The number of methoxy groups -OCH3 is 1. The number of aliphatic hydroxyl groups excluding tert-OH is 1. The maximum Gasteiger partial charge on any atom is 0.177 e. The lowest BCUT2D eigenvalue weighted by Crippen LogP contribution is -1.96. The van der Waals surface area contributed by atoms with Crippen LogP contribution in [0.2, 0.25) is 5.02 Å². The van der Waals surface area contributed by atoms with Gasteiger partial charge in [-0.2, -0.15) is 0 Å². The summed E-state index contributed by atoms with van der Waals surface area (Å²) in [6.45, 7) is 1.59. The molecule has 72 valence electrons. The van der Waals surface area contributed by atoms with Crippen molar-refractivity contribution in [1.82, 2.24) is 0 Å². The zero-order valence-electron chi connectivity index (χ0n) is 7.41. The molecule has 0 aliphatic rings. The van der Waals surface area contributed by atoms with Crippen LogP contribution < -0.4 is 4.74 Å². The fourth-order valence-corrected chi connectivity index (χ4v) is 1.26. The van der Waals surface area contributed by atoms with Crippen molar-refractivity contribution >= 4 is 11.6 Å². The Bertz CT molecular complexity index is 310. The van der Waals surface area contributed by atoms with Crippen molar-refractivity contribution in [3.05, 3.63) is 22.7 Å². The van der Waals surface area contributed by atoms with E-state index in [0.29, 0.717) is 5.56 Å². The molecule has 0 saturated heterocycles. The summed E-state index contributed by atoms with van der Waals surface area (Å²) in [5, 5.41) is 19.0. The lowest BCUT2D eigenvalue weighted by atomic mass is 10.1. The molecule has 4 heteroatoms. The van der Waals surface area contributed by atoms with Gasteiger partial charge in [0.25, 0.3) is 0 Å². The predicted octanol–water partition coefficient (Wildman–Crippen LogP) is 2.11. The summed E-state index contributed by atoms with van der Waals surface area (Å²) in [5.41, 5.74) is 0.518. The molecule has 1 rings (SSSR count). The Morgan fingerprint density at radius 2 is 2.08 bits per heavy atom. The summed E-state index contributed by atoms with van der Waals surface area (Å²) in [7, 11) is 1.41. The molecule has 0 aliphatic heterocycles. The Hall–Kier alpha value is -0.930. The molecule has 0 saturated carbocycles. The number of aromatic hydroxyl groups is 1. The summed E-state index contributed by atoms with van der Waals surface area (Å²) in [6.07, 6.45) is -0.696. The third-order valence-corrected chi connectivity index (χ3v) is 2.07. The second kappa shape index (κ2) is 3.85. The van der Waals surface area contributed by atoms with Gasteiger partial charge in [0.05, 0.1) is 18.2 Å². The highest BCUT2D eigenvalue weighted by molar-refractivity contribution is 6.32. The number of halogens is 1. The molecule has 0 heterocycles. The first-order chi connectivity index (χ1) is 6.07. The van der Waals surface area contributed by atoms with Crippen LogP contribution in [-0.4, -0.2) is 17.3 Å². The van der Waals surface area contributed by atoms with Gasteiger partial charge in [-0.15, -0.1) is 0 Å². The molecule has 1 unspecified atom stereocenters. The van der Waals surface area contributed by atoms with Crippen molar-refractivity contribution in [1.29, 1.82) is 0 Å². The molecule has 1 aromatic rings. The summed E-state index contributed by atoms with van der Waals surface area (Å²) < 4.78 is 4.92. The highest BCUT2D eigenvalue weighted by atomic mass is 35.5. The van der Waals surface area contributed by atoms with Gasteiger partial charge in [-0.05, 0) is 13.0 Å². The van der Waals surface area contributed by atoms with Crippen LogP contribution in [0, 0.1) is 0 Å². The van der Waals surface area contributed by atoms with Gasteiger partial charge in [0.1, 0.15) is 0 Å². The molecule has 0 aromatic heterocycles. The van der Waals surface area contributed by atoms with Crippen molar-refractivity contribution in [3.63, 3.8) is 0 Å². The molecule has 1 aromatic carbocycles. The Balaban J connectivity index is 3.30. The molecule has 0 bridgehead atoms. The van der Waals surface area contributed by atoms with Crippen LogP contribution in [0.3, 0.4) is 0 Å². The smallest absolute Gasteiger partial charge is 0.177 e. The predicted molar refractivity (Wildman–Crippen MR) is 50.3 cm³/mol. The van der Waals surface area contributed by atoms with Crippen molar-refractivity contribution in [2.24, 2.45) is 0 Å².